The van der Waals surface area contributed by atoms with Gasteiger partial charge in [-0.1, -0.05) is 12.1 Å². The average Bonchev–Trinajstić information content (AvgIpc) is 2.42. The summed E-state index contributed by atoms with van der Waals surface area (Å²) in [4.78, 5) is 23.9. The van der Waals surface area contributed by atoms with Crippen molar-refractivity contribution in [1.29, 1.82) is 0 Å². The number of benzene rings is 1. The van der Waals surface area contributed by atoms with Crippen LogP contribution in [0.4, 0.5) is 4.39 Å². The van der Waals surface area contributed by atoms with Gasteiger partial charge in [0.2, 0.25) is 5.91 Å². The molecule has 0 heterocycles. The molecule has 0 atom stereocenters. The number of hydrogen-bond acceptors (Lipinski definition) is 2. The van der Waals surface area contributed by atoms with E-state index in [1.807, 2.05) is 14.1 Å². The summed E-state index contributed by atoms with van der Waals surface area (Å²) in [6, 6.07) is 5.72. The van der Waals surface area contributed by atoms with E-state index in [-0.39, 0.29) is 11.7 Å². The van der Waals surface area contributed by atoms with Gasteiger partial charge in [0.1, 0.15) is 5.82 Å². The molecule has 2 amide bonds. The van der Waals surface area contributed by atoms with Crippen molar-refractivity contribution in [1.82, 2.24) is 10.9 Å². The van der Waals surface area contributed by atoms with Crippen molar-refractivity contribution < 1.29 is 18.9 Å². The maximum Gasteiger partial charge on any atom is 0.262 e. The lowest BCUT2D eigenvalue weighted by atomic mass is 10.2. The summed E-state index contributed by atoms with van der Waals surface area (Å²) < 4.78 is 12.7. The fourth-order valence-corrected chi connectivity index (χ4v) is 1.34. The summed E-state index contributed by atoms with van der Waals surface area (Å²) in [6.07, 6.45) is 3.14. The number of carbonyl (C=O) groups excluding carboxylic acids is 2. The quantitative estimate of drug-likeness (QED) is 0.504. The van der Waals surface area contributed by atoms with Gasteiger partial charge in [0, 0.05) is 6.08 Å². The molecule has 0 aliphatic carbocycles. The second-order valence-corrected chi connectivity index (χ2v) is 4.63. The van der Waals surface area contributed by atoms with Crippen molar-refractivity contribution >= 4 is 17.9 Å². The van der Waals surface area contributed by atoms with Crippen LogP contribution in [0.5, 0.6) is 0 Å². The number of quaternary nitrogens is 1. The monoisotopic (exact) mass is 280 g/mol. The Morgan fingerprint density at radius 3 is 2.45 bits per heavy atom. The first kappa shape index (κ1) is 15.8. The molecule has 0 aromatic heterocycles. The fourth-order valence-electron chi connectivity index (χ4n) is 1.34. The highest BCUT2D eigenvalue weighted by molar-refractivity contribution is 5.93. The molecule has 6 heteroatoms. The van der Waals surface area contributed by atoms with E-state index in [0.29, 0.717) is 18.5 Å². The summed E-state index contributed by atoms with van der Waals surface area (Å²) in [6.45, 7) is 0.688. The van der Waals surface area contributed by atoms with E-state index in [1.165, 1.54) is 24.3 Å². The van der Waals surface area contributed by atoms with Crippen LogP contribution < -0.4 is 15.8 Å². The third kappa shape index (κ3) is 6.65. The molecule has 108 valence electrons. The summed E-state index contributed by atoms with van der Waals surface area (Å²) in [5, 5.41) is 0. The van der Waals surface area contributed by atoms with E-state index in [1.54, 1.807) is 12.1 Å². The van der Waals surface area contributed by atoms with Crippen molar-refractivity contribution in [3.63, 3.8) is 0 Å². The largest absolute Gasteiger partial charge is 0.339 e. The summed E-state index contributed by atoms with van der Waals surface area (Å²) in [5.41, 5.74) is 5.30. The first-order chi connectivity index (χ1) is 9.47. The lowest BCUT2D eigenvalue weighted by Crippen LogP contribution is -3.05. The van der Waals surface area contributed by atoms with E-state index < -0.39 is 5.91 Å². The van der Waals surface area contributed by atoms with Crippen molar-refractivity contribution in [3.8, 4) is 0 Å². The summed E-state index contributed by atoms with van der Waals surface area (Å²) in [5.74, 6) is -1.02. The normalized spacial score (nSPS) is 10.8. The molecular formula is C14H19FN3O2+. The molecule has 0 radical (unpaired) electrons. The third-order valence-electron chi connectivity index (χ3n) is 2.47. The minimum absolute atomic E-state index is 0.241. The van der Waals surface area contributed by atoms with Crippen LogP contribution in [-0.2, 0) is 9.59 Å². The number of halogens is 1. The topological polar surface area (TPSA) is 62.6 Å². The molecule has 1 rings (SSSR count). The second-order valence-electron chi connectivity index (χ2n) is 4.63. The molecule has 5 nitrogen and oxygen atoms in total. The molecule has 0 saturated heterocycles. The summed E-state index contributed by atoms with van der Waals surface area (Å²) in [7, 11) is 3.88. The molecule has 0 aliphatic heterocycles. The van der Waals surface area contributed by atoms with E-state index in [0.717, 1.165) is 4.90 Å². The van der Waals surface area contributed by atoms with Crippen LogP contribution in [0.3, 0.4) is 0 Å². The van der Waals surface area contributed by atoms with Gasteiger partial charge in [0.25, 0.3) is 5.91 Å². The zero-order chi connectivity index (χ0) is 15.0. The van der Waals surface area contributed by atoms with Crippen LogP contribution in [0.25, 0.3) is 6.08 Å². The molecule has 3 N–H and O–H groups in total. The maximum atomic E-state index is 12.7. The standard InChI is InChI=1S/C14H18FN3O2/c1-18(2)10-9-14(20)17-16-13(19)8-5-11-3-6-12(15)7-4-11/h3-8H,9-10H2,1-2H3,(H,16,19)(H,17,20)/p+1/b8-5+. The van der Waals surface area contributed by atoms with Gasteiger partial charge in [0.05, 0.1) is 27.1 Å². The molecule has 0 fully saturated rings. The zero-order valence-electron chi connectivity index (χ0n) is 11.6. The van der Waals surface area contributed by atoms with Gasteiger partial charge in [0.15, 0.2) is 0 Å². The van der Waals surface area contributed by atoms with E-state index in [4.69, 9.17) is 0 Å². The van der Waals surface area contributed by atoms with E-state index in [9.17, 15) is 14.0 Å². The van der Waals surface area contributed by atoms with Crippen LogP contribution in [-0.4, -0.2) is 32.5 Å². The van der Waals surface area contributed by atoms with Gasteiger partial charge in [-0.25, -0.2) is 4.39 Å². The van der Waals surface area contributed by atoms with Crippen molar-refractivity contribution in [2.75, 3.05) is 20.6 Å². The average molecular weight is 280 g/mol. The Bertz CT molecular complexity index is 484. The number of amides is 2. The molecular weight excluding hydrogens is 261 g/mol. The molecule has 1 aromatic carbocycles. The molecule has 0 unspecified atom stereocenters. The third-order valence-corrected chi connectivity index (χ3v) is 2.47. The Hall–Kier alpha value is -2.21. The Kier molecular flexibility index (Phi) is 6.39. The number of nitrogens with one attached hydrogen (secondary N) is 3. The fraction of sp³-hybridized carbons (Fsp3) is 0.286. The van der Waals surface area contributed by atoms with Gasteiger partial charge >= 0.3 is 0 Å². The first-order valence-electron chi connectivity index (χ1n) is 6.29. The van der Waals surface area contributed by atoms with Gasteiger partial charge in [-0.3, -0.25) is 20.4 Å². The number of hydrazine groups is 1. The first-order valence-corrected chi connectivity index (χ1v) is 6.29. The Morgan fingerprint density at radius 1 is 1.20 bits per heavy atom. The van der Waals surface area contributed by atoms with Gasteiger partial charge in [-0.05, 0) is 23.8 Å². The van der Waals surface area contributed by atoms with E-state index >= 15 is 0 Å². The highest BCUT2D eigenvalue weighted by Crippen LogP contribution is 2.04. The van der Waals surface area contributed by atoms with Crippen LogP contribution in [0.2, 0.25) is 0 Å². The minimum atomic E-state index is -0.445. The van der Waals surface area contributed by atoms with Gasteiger partial charge in [-0.15, -0.1) is 0 Å². The number of carbonyl (C=O) groups is 2. The Labute approximate surface area is 117 Å². The molecule has 0 spiro atoms. The van der Waals surface area contributed by atoms with Crippen LogP contribution in [0.1, 0.15) is 12.0 Å². The van der Waals surface area contributed by atoms with Crippen LogP contribution in [0.15, 0.2) is 30.3 Å². The minimum Gasteiger partial charge on any atom is -0.339 e. The molecule has 20 heavy (non-hydrogen) atoms. The Morgan fingerprint density at radius 2 is 1.85 bits per heavy atom. The van der Waals surface area contributed by atoms with Crippen molar-refractivity contribution in [3.05, 3.63) is 41.7 Å². The van der Waals surface area contributed by atoms with Gasteiger partial charge in [-0.2, -0.15) is 0 Å². The number of hydrogen-bond donors (Lipinski definition) is 3. The van der Waals surface area contributed by atoms with Crippen LogP contribution >= 0.6 is 0 Å². The summed E-state index contributed by atoms with van der Waals surface area (Å²) >= 11 is 0. The molecule has 0 saturated carbocycles. The maximum absolute atomic E-state index is 12.7. The van der Waals surface area contributed by atoms with E-state index in [2.05, 4.69) is 10.9 Å². The lowest BCUT2D eigenvalue weighted by Gasteiger charge is -2.07. The highest BCUT2D eigenvalue weighted by Gasteiger charge is 2.04. The highest BCUT2D eigenvalue weighted by atomic mass is 19.1. The number of rotatable bonds is 5. The zero-order valence-corrected chi connectivity index (χ0v) is 11.6. The van der Waals surface area contributed by atoms with Crippen molar-refractivity contribution in [2.45, 2.75) is 6.42 Å². The SMILES string of the molecule is C[NH+](C)CCC(=O)NNC(=O)/C=C/c1ccc(F)cc1. The van der Waals surface area contributed by atoms with Gasteiger partial charge < -0.3 is 4.90 Å². The van der Waals surface area contributed by atoms with Crippen molar-refractivity contribution in [2.24, 2.45) is 0 Å². The lowest BCUT2D eigenvalue weighted by molar-refractivity contribution is -0.857. The predicted molar refractivity (Wildman–Crippen MR) is 74.0 cm³/mol. The predicted octanol–water partition coefficient (Wildman–Crippen LogP) is -0.479. The molecule has 0 aliphatic rings. The molecule has 1 aromatic rings. The smallest absolute Gasteiger partial charge is 0.262 e. The Balaban J connectivity index is 2.33. The molecule has 0 bridgehead atoms. The second kappa shape index (κ2) is 8.06. The van der Waals surface area contributed by atoms with Crippen LogP contribution in [0, 0.1) is 5.82 Å².